The Kier molecular flexibility index (Phi) is 5.55. The summed E-state index contributed by atoms with van der Waals surface area (Å²) >= 11 is 0. The number of ether oxygens (including phenoxy) is 1. The van der Waals surface area contributed by atoms with Crippen molar-refractivity contribution < 1.29 is 9.53 Å². The first kappa shape index (κ1) is 19.8. The number of carbonyl (C=O) groups is 1. The molecule has 0 aliphatic heterocycles. The van der Waals surface area contributed by atoms with Crippen molar-refractivity contribution in [3.63, 3.8) is 0 Å². The summed E-state index contributed by atoms with van der Waals surface area (Å²) in [7, 11) is 0. The standard InChI is InChI=1S/C28H22N2O2/c31-28(30-16-8-7-10-21-18-29-17-20-9-1-2-11-22(20)21)32-19-27-25-14-5-3-12-23(25)24-13-4-6-15-26(24)27/h1-6,9,11-15,17-18,27H,8,16,19H2,(H,30,31). The summed E-state index contributed by atoms with van der Waals surface area (Å²) in [6, 6.07) is 24.6. The highest BCUT2D eigenvalue weighted by molar-refractivity contribution is 5.87. The van der Waals surface area contributed by atoms with Crippen LogP contribution in [0.2, 0.25) is 0 Å². The van der Waals surface area contributed by atoms with Gasteiger partial charge in [-0.25, -0.2) is 4.79 Å². The molecule has 32 heavy (non-hydrogen) atoms. The van der Waals surface area contributed by atoms with E-state index in [0.29, 0.717) is 19.6 Å². The van der Waals surface area contributed by atoms with Crippen LogP contribution >= 0.6 is 0 Å². The Bertz CT molecular complexity index is 1300. The molecule has 0 radical (unpaired) electrons. The Morgan fingerprint density at radius 2 is 1.59 bits per heavy atom. The lowest BCUT2D eigenvalue weighted by Gasteiger charge is -2.14. The maximum Gasteiger partial charge on any atom is 0.407 e. The second-order valence-corrected chi connectivity index (χ2v) is 7.71. The van der Waals surface area contributed by atoms with Crippen molar-refractivity contribution in [1.29, 1.82) is 0 Å². The molecule has 0 saturated carbocycles. The first-order chi connectivity index (χ1) is 15.8. The van der Waals surface area contributed by atoms with Crippen molar-refractivity contribution in [2.75, 3.05) is 13.2 Å². The molecule has 1 amide bonds. The first-order valence-electron chi connectivity index (χ1n) is 10.7. The van der Waals surface area contributed by atoms with Gasteiger partial charge in [0, 0.05) is 42.0 Å². The van der Waals surface area contributed by atoms with E-state index >= 15 is 0 Å². The Morgan fingerprint density at radius 1 is 0.906 bits per heavy atom. The molecule has 1 aromatic heterocycles. The number of nitrogens with one attached hydrogen (secondary N) is 1. The van der Waals surface area contributed by atoms with E-state index in [1.54, 1.807) is 6.20 Å². The average molecular weight is 418 g/mol. The van der Waals surface area contributed by atoms with Gasteiger partial charge in [0.15, 0.2) is 0 Å². The van der Waals surface area contributed by atoms with Crippen LogP contribution in [0.4, 0.5) is 4.79 Å². The number of pyridine rings is 1. The second kappa shape index (κ2) is 8.95. The second-order valence-electron chi connectivity index (χ2n) is 7.71. The summed E-state index contributed by atoms with van der Waals surface area (Å²) < 4.78 is 5.55. The van der Waals surface area contributed by atoms with E-state index in [9.17, 15) is 4.79 Å². The summed E-state index contributed by atoms with van der Waals surface area (Å²) in [4.78, 5) is 16.5. The molecule has 156 valence electrons. The molecule has 4 heteroatoms. The fourth-order valence-corrected chi connectivity index (χ4v) is 4.25. The highest BCUT2D eigenvalue weighted by atomic mass is 16.5. The van der Waals surface area contributed by atoms with E-state index in [1.165, 1.54) is 22.3 Å². The third-order valence-corrected chi connectivity index (χ3v) is 5.75. The van der Waals surface area contributed by atoms with E-state index < -0.39 is 6.09 Å². The van der Waals surface area contributed by atoms with E-state index in [-0.39, 0.29) is 5.92 Å². The Morgan fingerprint density at radius 3 is 2.38 bits per heavy atom. The number of benzene rings is 3. The van der Waals surface area contributed by atoms with Crippen LogP contribution in [0.1, 0.15) is 29.0 Å². The largest absolute Gasteiger partial charge is 0.449 e. The summed E-state index contributed by atoms with van der Waals surface area (Å²) in [6.45, 7) is 0.745. The van der Waals surface area contributed by atoms with Gasteiger partial charge in [-0.3, -0.25) is 4.98 Å². The number of hydrogen-bond donors (Lipinski definition) is 1. The predicted molar refractivity (Wildman–Crippen MR) is 126 cm³/mol. The molecular weight excluding hydrogens is 396 g/mol. The zero-order valence-electron chi connectivity index (χ0n) is 17.5. The number of rotatable bonds is 4. The lowest BCUT2D eigenvalue weighted by atomic mass is 9.98. The molecule has 1 N–H and O–H groups in total. The van der Waals surface area contributed by atoms with Gasteiger partial charge in [0.05, 0.1) is 5.56 Å². The van der Waals surface area contributed by atoms with Crippen molar-refractivity contribution in [1.82, 2.24) is 10.3 Å². The van der Waals surface area contributed by atoms with E-state index in [1.807, 2.05) is 54.7 Å². The number of amides is 1. The molecule has 0 fully saturated rings. The van der Waals surface area contributed by atoms with Gasteiger partial charge in [0.1, 0.15) is 6.61 Å². The van der Waals surface area contributed by atoms with Crippen LogP contribution in [-0.4, -0.2) is 24.2 Å². The molecular formula is C28H22N2O2. The number of aromatic nitrogens is 1. The third-order valence-electron chi connectivity index (χ3n) is 5.75. The number of fused-ring (bicyclic) bond motifs is 4. The smallest absolute Gasteiger partial charge is 0.407 e. The van der Waals surface area contributed by atoms with E-state index in [0.717, 1.165) is 16.3 Å². The van der Waals surface area contributed by atoms with Crippen LogP contribution < -0.4 is 5.32 Å². The van der Waals surface area contributed by atoms with Gasteiger partial charge in [-0.1, -0.05) is 84.6 Å². The van der Waals surface area contributed by atoms with Gasteiger partial charge < -0.3 is 10.1 Å². The average Bonchev–Trinajstić information content (AvgIpc) is 3.16. The predicted octanol–water partition coefficient (Wildman–Crippen LogP) is 5.52. The highest BCUT2D eigenvalue weighted by Crippen LogP contribution is 2.44. The van der Waals surface area contributed by atoms with Gasteiger partial charge in [0.2, 0.25) is 0 Å². The lowest BCUT2D eigenvalue weighted by molar-refractivity contribution is 0.143. The Hall–Kier alpha value is -4.10. The van der Waals surface area contributed by atoms with Gasteiger partial charge in [-0.2, -0.15) is 0 Å². The van der Waals surface area contributed by atoms with Crippen molar-refractivity contribution in [2.45, 2.75) is 12.3 Å². The highest BCUT2D eigenvalue weighted by Gasteiger charge is 2.28. The van der Waals surface area contributed by atoms with Crippen molar-refractivity contribution in [3.8, 4) is 23.0 Å². The van der Waals surface area contributed by atoms with E-state index in [4.69, 9.17) is 4.74 Å². The zero-order valence-corrected chi connectivity index (χ0v) is 17.5. The van der Waals surface area contributed by atoms with E-state index in [2.05, 4.69) is 46.4 Å². The number of hydrogen-bond acceptors (Lipinski definition) is 3. The molecule has 5 rings (SSSR count). The quantitative estimate of drug-likeness (QED) is 0.351. The fourth-order valence-electron chi connectivity index (χ4n) is 4.25. The Labute approximate surface area is 187 Å². The molecule has 1 aliphatic rings. The molecule has 4 nitrogen and oxygen atoms in total. The van der Waals surface area contributed by atoms with Crippen molar-refractivity contribution in [2.24, 2.45) is 0 Å². The maximum atomic E-state index is 12.2. The van der Waals surface area contributed by atoms with Gasteiger partial charge in [0.25, 0.3) is 0 Å². The molecule has 0 spiro atoms. The molecule has 1 heterocycles. The van der Waals surface area contributed by atoms with Crippen molar-refractivity contribution in [3.05, 3.63) is 102 Å². The summed E-state index contributed by atoms with van der Waals surface area (Å²) in [5.74, 6) is 6.33. The SMILES string of the molecule is O=C(NCCC#Cc1cncc2ccccc12)OCC1c2ccccc2-c2ccccc21. The normalized spacial score (nSPS) is 11.9. The molecule has 0 saturated heterocycles. The summed E-state index contributed by atoms with van der Waals surface area (Å²) in [6.07, 6.45) is 3.72. The van der Waals surface area contributed by atoms with Gasteiger partial charge >= 0.3 is 6.09 Å². The molecule has 4 aromatic rings. The van der Waals surface area contributed by atoms with Crippen LogP contribution in [0.15, 0.2) is 85.2 Å². The minimum Gasteiger partial charge on any atom is -0.449 e. The Balaban J connectivity index is 1.16. The van der Waals surface area contributed by atoms with Crippen LogP contribution in [0, 0.1) is 11.8 Å². The number of alkyl carbamates (subject to hydrolysis) is 1. The number of nitrogens with zero attached hydrogens (tertiary/aromatic N) is 1. The fraction of sp³-hybridized carbons (Fsp3) is 0.143. The summed E-state index contributed by atoms with van der Waals surface area (Å²) in [5, 5.41) is 4.95. The topological polar surface area (TPSA) is 51.2 Å². The van der Waals surface area contributed by atoms with Gasteiger partial charge in [-0.15, -0.1) is 0 Å². The minimum atomic E-state index is -0.416. The molecule has 0 unspecified atom stereocenters. The first-order valence-corrected chi connectivity index (χ1v) is 10.7. The third kappa shape index (κ3) is 3.93. The van der Waals surface area contributed by atoms with Crippen molar-refractivity contribution >= 4 is 16.9 Å². The van der Waals surface area contributed by atoms with Crippen LogP contribution in [0.25, 0.3) is 21.9 Å². The summed E-state index contributed by atoms with van der Waals surface area (Å²) in [5.41, 5.74) is 5.74. The van der Waals surface area contributed by atoms with Crippen LogP contribution in [0.3, 0.4) is 0 Å². The van der Waals surface area contributed by atoms with Gasteiger partial charge in [-0.05, 0) is 22.3 Å². The molecule has 0 bridgehead atoms. The maximum absolute atomic E-state index is 12.2. The minimum absolute atomic E-state index is 0.0619. The molecule has 0 atom stereocenters. The molecule has 1 aliphatic carbocycles. The lowest BCUT2D eigenvalue weighted by Crippen LogP contribution is -2.26. The molecule has 3 aromatic carbocycles. The number of carbonyl (C=O) groups excluding carboxylic acids is 1. The monoisotopic (exact) mass is 418 g/mol. The van der Waals surface area contributed by atoms with Crippen LogP contribution in [0.5, 0.6) is 0 Å². The zero-order chi connectivity index (χ0) is 21.8. The van der Waals surface area contributed by atoms with Crippen LogP contribution in [-0.2, 0) is 4.74 Å².